The van der Waals surface area contributed by atoms with E-state index in [1.165, 1.54) is 24.6 Å². The fourth-order valence-corrected chi connectivity index (χ4v) is 4.58. The van der Waals surface area contributed by atoms with Crippen LogP contribution in [0.15, 0.2) is 41.1 Å². The van der Waals surface area contributed by atoms with Crippen LogP contribution in [0.3, 0.4) is 0 Å². The quantitative estimate of drug-likeness (QED) is 0.664. The molecule has 4 heterocycles. The summed E-state index contributed by atoms with van der Waals surface area (Å²) < 4.78 is 19.3. The third-order valence-corrected chi connectivity index (χ3v) is 5.90. The van der Waals surface area contributed by atoms with E-state index in [0.29, 0.717) is 36.4 Å². The molecule has 2 aromatic heterocycles. The minimum Gasteiger partial charge on any atom is -0.445 e. The third kappa shape index (κ3) is 3.32. The maximum absolute atomic E-state index is 13.9. The molecular formula is C22H22FN5O2. The maximum Gasteiger partial charge on any atom is 0.254 e. The molecule has 2 aliphatic heterocycles. The van der Waals surface area contributed by atoms with Gasteiger partial charge in [0.15, 0.2) is 0 Å². The zero-order valence-electron chi connectivity index (χ0n) is 16.9. The molecule has 8 heteroatoms. The minimum absolute atomic E-state index is 0.189. The number of oxazole rings is 1. The molecule has 0 saturated carbocycles. The Hall–Kier alpha value is -3.29. The molecule has 2 fully saturated rings. The van der Waals surface area contributed by atoms with E-state index in [0.717, 1.165) is 30.4 Å². The number of carbonyl (C=O) groups excluding carboxylic acids is 1. The average molecular weight is 407 g/mol. The normalized spacial score (nSPS) is 20.6. The van der Waals surface area contributed by atoms with Crippen molar-refractivity contribution in [2.24, 2.45) is 11.8 Å². The number of carbonyl (C=O) groups is 1. The van der Waals surface area contributed by atoms with Crippen molar-refractivity contribution in [3.05, 3.63) is 59.5 Å². The molecule has 30 heavy (non-hydrogen) atoms. The first-order valence-electron chi connectivity index (χ1n) is 10.0. The second kappa shape index (κ2) is 7.19. The molecule has 2 unspecified atom stereocenters. The molecule has 2 saturated heterocycles. The van der Waals surface area contributed by atoms with Crippen molar-refractivity contribution in [2.75, 3.05) is 31.1 Å². The summed E-state index contributed by atoms with van der Waals surface area (Å²) in [6.45, 7) is 6.83. The van der Waals surface area contributed by atoms with Crippen molar-refractivity contribution in [2.45, 2.75) is 13.8 Å². The first-order chi connectivity index (χ1) is 14.5. The van der Waals surface area contributed by atoms with Crippen LogP contribution >= 0.6 is 0 Å². The standard InChI is InChI=1S/C22H22FN5O2/c1-13-7-14(2)26-22(25-13)28-11-15-9-27(10-16(15)12-28)21(29)19-8-17(23)3-4-18(19)20-24-5-6-30-20/h3-8,15-16H,9-12H2,1-2H3. The van der Waals surface area contributed by atoms with Gasteiger partial charge in [-0.05, 0) is 38.1 Å². The Kier molecular flexibility index (Phi) is 4.49. The SMILES string of the molecule is Cc1cc(C)nc(N2CC3CN(C(=O)c4cc(F)ccc4-c4ncco4)CC3C2)n1. The lowest BCUT2D eigenvalue weighted by Crippen LogP contribution is -2.34. The molecule has 2 atom stereocenters. The van der Waals surface area contributed by atoms with E-state index >= 15 is 0 Å². The third-order valence-electron chi connectivity index (χ3n) is 5.90. The van der Waals surface area contributed by atoms with Crippen molar-refractivity contribution < 1.29 is 13.6 Å². The van der Waals surface area contributed by atoms with Gasteiger partial charge in [-0.25, -0.2) is 19.3 Å². The van der Waals surface area contributed by atoms with Crippen LogP contribution < -0.4 is 4.90 Å². The van der Waals surface area contributed by atoms with Crippen LogP contribution in [0, 0.1) is 31.5 Å². The number of halogens is 1. The summed E-state index contributed by atoms with van der Waals surface area (Å²) in [4.78, 5) is 30.5. The summed E-state index contributed by atoms with van der Waals surface area (Å²) >= 11 is 0. The molecule has 1 amide bonds. The van der Waals surface area contributed by atoms with Gasteiger partial charge >= 0.3 is 0 Å². The van der Waals surface area contributed by atoms with E-state index in [1.807, 2.05) is 24.8 Å². The lowest BCUT2D eigenvalue weighted by Gasteiger charge is -2.23. The van der Waals surface area contributed by atoms with E-state index in [4.69, 9.17) is 4.42 Å². The number of likely N-dealkylation sites (tertiary alicyclic amines) is 1. The Balaban J connectivity index is 1.34. The predicted molar refractivity (Wildman–Crippen MR) is 108 cm³/mol. The number of aromatic nitrogens is 3. The number of rotatable bonds is 3. The Labute approximate surface area is 173 Å². The Bertz CT molecular complexity index is 1070. The van der Waals surface area contributed by atoms with E-state index in [-0.39, 0.29) is 11.5 Å². The minimum atomic E-state index is -0.453. The molecule has 1 aromatic carbocycles. The molecule has 0 bridgehead atoms. The Morgan fingerprint density at radius 1 is 1.07 bits per heavy atom. The zero-order valence-corrected chi connectivity index (χ0v) is 16.9. The number of amides is 1. The van der Waals surface area contributed by atoms with Gasteiger partial charge in [-0.1, -0.05) is 0 Å². The smallest absolute Gasteiger partial charge is 0.254 e. The molecule has 0 N–H and O–H groups in total. The highest BCUT2D eigenvalue weighted by atomic mass is 19.1. The maximum atomic E-state index is 13.9. The number of aryl methyl sites for hydroxylation is 2. The number of nitrogens with zero attached hydrogens (tertiary/aromatic N) is 5. The van der Waals surface area contributed by atoms with Gasteiger partial charge in [0.2, 0.25) is 11.8 Å². The second-order valence-corrected chi connectivity index (χ2v) is 8.11. The van der Waals surface area contributed by atoms with Crippen LogP contribution in [0.5, 0.6) is 0 Å². The Morgan fingerprint density at radius 2 is 1.77 bits per heavy atom. The molecule has 154 valence electrons. The molecule has 0 aliphatic carbocycles. The summed E-state index contributed by atoms with van der Waals surface area (Å²) in [5.41, 5.74) is 2.70. The van der Waals surface area contributed by atoms with E-state index in [2.05, 4.69) is 19.9 Å². The van der Waals surface area contributed by atoms with Crippen LogP contribution in [0.25, 0.3) is 11.5 Å². The van der Waals surface area contributed by atoms with Crippen molar-refractivity contribution in [1.82, 2.24) is 19.9 Å². The number of hydrogen-bond acceptors (Lipinski definition) is 6. The summed E-state index contributed by atoms with van der Waals surface area (Å²) in [5, 5.41) is 0. The first-order valence-corrected chi connectivity index (χ1v) is 10.0. The van der Waals surface area contributed by atoms with Crippen molar-refractivity contribution in [3.63, 3.8) is 0 Å². The van der Waals surface area contributed by atoms with Crippen molar-refractivity contribution >= 4 is 11.9 Å². The fourth-order valence-electron chi connectivity index (χ4n) is 4.58. The van der Waals surface area contributed by atoms with Crippen LogP contribution in [0.4, 0.5) is 10.3 Å². The molecule has 2 aliphatic rings. The monoisotopic (exact) mass is 407 g/mol. The highest BCUT2D eigenvalue weighted by Crippen LogP contribution is 2.34. The fraction of sp³-hybridized carbons (Fsp3) is 0.364. The van der Waals surface area contributed by atoms with Gasteiger partial charge in [-0.2, -0.15) is 0 Å². The average Bonchev–Trinajstić information content (AvgIpc) is 3.43. The summed E-state index contributed by atoms with van der Waals surface area (Å²) in [5.74, 6) is 1.12. The summed E-state index contributed by atoms with van der Waals surface area (Å²) in [6.07, 6.45) is 2.95. The largest absolute Gasteiger partial charge is 0.445 e. The zero-order chi connectivity index (χ0) is 20.8. The lowest BCUT2D eigenvalue weighted by molar-refractivity contribution is 0.0782. The molecule has 7 nitrogen and oxygen atoms in total. The second-order valence-electron chi connectivity index (χ2n) is 8.11. The van der Waals surface area contributed by atoms with E-state index < -0.39 is 5.82 Å². The lowest BCUT2D eigenvalue weighted by atomic mass is 10.0. The highest BCUT2D eigenvalue weighted by Gasteiger charge is 2.43. The van der Waals surface area contributed by atoms with Gasteiger partial charge in [0, 0.05) is 49.4 Å². The van der Waals surface area contributed by atoms with Crippen LogP contribution in [-0.2, 0) is 0 Å². The van der Waals surface area contributed by atoms with Crippen LogP contribution in [0.1, 0.15) is 21.7 Å². The van der Waals surface area contributed by atoms with Gasteiger partial charge in [0.1, 0.15) is 12.1 Å². The van der Waals surface area contributed by atoms with Gasteiger partial charge in [-0.15, -0.1) is 0 Å². The molecule has 3 aromatic rings. The number of anilines is 1. The topological polar surface area (TPSA) is 75.4 Å². The highest BCUT2D eigenvalue weighted by molar-refractivity contribution is 6.00. The molecule has 5 rings (SSSR count). The molecule has 0 spiro atoms. The van der Waals surface area contributed by atoms with E-state index in [1.54, 1.807) is 6.07 Å². The Morgan fingerprint density at radius 3 is 2.40 bits per heavy atom. The van der Waals surface area contributed by atoms with Gasteiger partial charge in [0.05, 0.1) is 17.3 Å². The summed E-state index contributed by atoms with van der Waals surface area (Å²) in [6, 6.07) is 6.10. The molecule has 0 radical (unpaired) electrons. The van der Waals surface area contributed by atoms with Crippen LogP contribution in [0.2, 0.25) is 0 Å². The molecular weight excluding hydrogens is 385 g/mol. The number of benzene rings is 1. The van der Waals surface area contributed by atoms with Crippen LogP contribution in [-0.4, -0.2) is 51.9 Å². The van der Waals surface area contributed by atoms with Gasteiger partial charge in [0.25, 0.3) is 5.91 Å². The number of fused-ring (bicyclic) bond motifs is 1. The van der Waals surface area contributed by atoms with Crippen molar-refractivity contribution in [3.8, 4) is 11.5 Å². The summed E-state index contributed by atoms with van der Waals surface area (Å²) in [7, 11) is 0. The number of hydrogen-bond donors (Lipinski definition) is 0. The van der Waals surface area contributed by atoms with E-state index in [9.17, 15) is 9.18 Å². The first kappa shape index (κ1) is 18.7. The van der Waals surface area contributed by atoms with Gasteiger partial charge < -0.3 is 14.2 Å². The van der Waals surface area contributed by atoms with Gasteiger partial charge in [-0.3, -0.25) is 4.79 Å². The van der Waals surface area contributed by atoms with Crippen molar-refractivity contribution in [1.29, 1.82) is 0 Å². The predicted octanol–water partition coefficient (Wildman–Crippen LogP) is 3.10.